The summed E-state index contributed by atoms with van der Waals surface area (Å²) in [5, 5.41) is 0. The normalized spacial score (nSPS) is 11.6. The van der Waals surface area contributed by atoms with Crippen LogP contribution in [0.25, 0.3) is 0 Å². The van der Waals surface area contributed by atoms with E-state index in [1.807, 2.05) is 0 Å². The van der Waals surface area contributed by atoms with Crippen molar-refractivity contribution in [1.82, 2.24) is 0 Å². The molecule has 2 aromatic carbocycles. The van der Waals surface area contributed by atoms with Crippen LogP contribution in [0.15, 0.2) is 36.4 Å². The first-order chi connectivity index (χ1) is 17.9. The summed E-state index contributed by atoms with van der Waals surface area (Å²) >= 11 is 0. The Morgan fingerprint density at radius 3 is 1.26 bits per heavy atom. The predicted octanol–water partition coefficient (Wildman–Crippen LogP) is 6.17. The molecular weight excluding hydrogens is 488 g/mol. The highest BCUT2D eigenvalue weighted by Gasteiger charge is 2.38. The summed E-state index contributed by atoms with van der Waals surface area (Å²) in [5.41, 5.74) is -0.770. The molecule has 0 aliphatic carbocycles. The van der Waals surface area contributed by atoms with Crippen LogP contribution in [0.5, 0.6) is 23.0 Å². The highest BCUT2D eigenvalue weighted by atomic mass is 16.6. The van der Waals surface area contributed by atoms with E-state index in [4.69, 9.17) is 28.4 Å². The Bertz CT molecular complexity index is 964. The lowest BCUT2D eigenvalue weighted by Crippen LogP contribution is -2.37. The van der Waals surface area contributed by atoms with Crippen molar-refractivity contribution in [3.05, 3.63) is 47.5 Å². The molecule has 2 aromatic rings. The Hall–Kier alpha value is -3.42. The minimum Gasteiger partial charge on any atom is -0.497 e. The van der Waals surface area contributed by atoms with Gasteiger partial charge >= 0.3 is 11.9 Å². The third-order valence-electron chi connectivity index (χ3n) is 6.47. The van der Waals surface area contributed by atoms with Gasteiger partial charge < -0.3 is 28.4 Å². The van der Waals surface area contributed by atoms with Gasteiger partial charge in [0.05, 0.1) is 28.4 Å². The van der Waals surface area contributed by atoms with Gasteiger partial charge in [0.2, 0.25) is 0 Å². The first kappa shape index (κ1) is 30.8. The van der Waals surface area contributed by atoms with E-state index < -0.39 is 29.1 Å². The Balaban J connectivity index is 2.32. The number of esters is 2. The second-order valence-electron chi connectivity index (χ2n) is 10.1. The predicted molar refractivity (Wildman–Crippen MR) is 145 cm³/mol. The van der Waals surface area contributed by atoms with Gasteiger partial charge in [0.1, 0.15) is 34.2 Å². The van der Waals surface area contributed by atoms with Crippen molar-refractivity contribution in [2.24, 2.45) is 5.92 Å². The number of unbranched alkanes of at least 4 members (excludes halogenated alkanes) is 2. The summed E-state index contributed by atoms with van der Waals surface area (Å²) in [5.74, 6) is -0.0969. The van der Waals surface area contributed by atoms with E-state index in [1.165, 1.54) is 0 Å². The van der Waals surface area contributed by atoms with Crippen LogP contribution in [-0.4, -0.2) is 40.4 Å². The summed E-state index contributed by atoms with van der Waals surface area (Å²) in [7, 11) is 6.21. The number of hydrogen-bond donors (Lipinski definition) is 0. The van der Waals surface area contributed by atoms with Gasteiger partial charge in [0, 0.05) is 23.3 Å². The molecule has 210 valence electrons. The molecule has 0 aliphatic rings. The fourth-order valence-corrected chi connectivity index (χ4v) is 4.00. The maximum Gasteiger partial charge on any atom is 0.321 e. The van der Waals surface area contributed by atoms with Crippen LogP contribution in [0.2, 0.25) is 0 Å². The highest BCUT2D eigenvalue weighted by molar-refractivity contribution is 5.95. The largest absolute Gasteiger partial charge is 0.497 e. The second-order valence-corrected chi connectivity index (χ2v) is 10.1. The molecule has 8 heteroatoms. The van der Waals surface area contributed by atoms with Crippen LogP contribution >= 0.6 is 0 Å². The lowest BCUT2D eigenvalue weighted by atomic mass is 9.95. The highest BCUT2D eigenvalue weighted by Crippen LogP contribution is 2.35. The van der Waals surface area contributed by atoms with Crippen LogP contribution in [0.3, 0.4) is 0 Å². The molecule has 38 heavy (non-hydrogen) atoms. The van der Waals surface area contributed by atoms with Gasteiger partial charge in [-0.2, -0.15) is 0 Å². The van der Waals surface area contributed by atoms with Crippen LogP contribution in [0.1, 0.15) is 71.4 Å². The van der Waals surface area contributed by atoms with E-state index in [1.54, 1.807) is 92.5 Å². The van der Waals surface area contributed by atoms with E-state index >= 15 is 0 Å². The lowest BCUT2D eigenvalue weighted by Gasteiger charge is -2.31. The van der Waals surface area contributed by atoms with Gasteiger partial charge in [-0.25, -0.2) is 0 Å². The van der Waals surface area contributed by atoms with Crippen LogP contribution < -0.4 is 18.9 Å². The first-order valence-electron chi connectivity index (χ1n) is 12.8. The van der Waals surface area contributed by atoms with Gasteiger partial charge in [0.25, 0.3) is 0 Å². The molecule has 0 atom stereocenters. The topological polar surface area (TPSA) is 89.5 Å². The number of carbonyl (C=O) groups excluding carboxylic acids is 2. The number of rotatable bonds is 14. The summed E-state index contributed by atoms with van der Waals surface area (Å²) in [6.07, 6.45) is 2.83. The van der Waals surface area contributed by atoms with Crippen molar-refractivity contribution >= 4 is 11.9 Å². The quantitative estimate of drug-likeness (QED) is 0.163. The maximum atomic E-state index is 13.5. The smallest absolute Gasteiger partial charge is 0.321 e. The summed E-state index contributed by atoms with van der Waals surface area (Å²) in [4.78, 5) is 26.9. The van der Waals surface area contributed by atoms with Gasteiger partial charge in [-0.15, -0.1) is 0 Å². The summed E-state index contributed by atoms with van der Waals surface area (Å²) in [6.45, 7) is 9.12. The van der Waals surface area contributed by atoms with Gasteiger partial charge in [-0.1, -0.05) is 26.2 Å². The molecule has 0 fully saturated rings. The molecule has 0 radical (unpaired) electrons. The summed E-state index contributed by atoms with van der Waals surface area (Å²) < 4.78 is 33.3. The van der Waals surface area contributed by atoms with Crippen molar-refractivity contribution in [2.75, 3.05) is 28.4 Å². The molecule has 2 rings (SSSR count). The average Bonchev–Trinajstić information content (AvgIpc) is 2.89. The van der Waals surface area contributed by atoms with Crippen LogP contribution in [0.4, 0.5) is 0 Å². The van der Waals surface area contributed by atoms with Crippen molar-refractivity contribution in [3.63, 3.8) is 0 Å². The van der Waals surface area contributed by atoms with Crippen LogP contribution in [0, 0.1) is 5.92 Å². The lowest BCUT2D eigenvalue weighted by molar-refractivity contribution is -0.177. The molecule has 0 saturated carbocycles. The molecule has 0 unspecified atom stereocenters. The van der Waals surface area contributed by atoms with Gasteiger partial charge in [0.15, 0.2) is 5.92 Å². The minimum absolute atomic E-state index is 0.320. The molecule has 0 aromatic heterocycles. The molecule has 0 spiro atoms. The van der Waals surface area contributed by atoms with E-state index in [0.717, 1.165) is 12.8 Å². The SMILES string of the molecule is CCCCCC(C(=O)OC(C)(C)c1cc(OC)cc(OC)c1)C(=O)OC(C)(C)c1cc(OC)cc(OC)c1. The number of benzene rings is 2. The Morgan fingerprint density at radius 1 is 0.632 bits per heavy atom. The monoisotopic (exact) mass is 530 g/mol. The molecule has 0 bridgehead atoms. The summed E-state index contributed by atoms with van der Waals surface area (Å²) in [6, 6.07) is 10.6. The second kappa shape index (κ2) is 13.4. The van der Waals surface area contributed by atoms with E-state index in [0.29, 0.717) is 47.0 Å². The Labute approximate surface area is 226 Å². The molecule has 0 aliphatic heterocycles. The number of carbonyl (C=O) groups is 2. The molecular formula is C30H42O8. The fourth-order valence-electron chi connectivity index (χ4n) is 4.00. The third-order valence-corrected chi connectivity index (χ3v) is 6.47. The molecule has 8 nitrogen and oxygen atoms in total. The van der Waals surface area contributed by atoms with Gasteiger partial charge in [-0.3, -0.25) is 9.59 Å². The standard InChI is InChI=1S/C30H42O8/c1-10-11-12-13-26(27(31)37-29(2,3)20-14-22(33-6)18-23(15-20)34-7)28(32)38-30(4,5)21-16-24(35-8)19-25(17-21)36-9/h14-19,26H,10-13H2,1-9H3. The molecule has 0 saturated heterocycles. The van der Waals surface area contributed by atoms with Crippen molar-refractivity contribution in [3.8, 4) is 23.0 Å². The molecule has 0 heterocycles. The first-order valence-corrected chi connectivity index (χ1v) is 12.8. The van der Waals surface area contributed by atoms with E-state index in [-0.39, 0.29) is 0 Å². The molecule has 0 N–H and O–H groups in total. The Kier molecular flexibility index (Phi) is 10.9. The fraction of sp³-hybridized carbons (Fsp3) is 0.533. The van der Waals surface area contributed by atoms with E-state index in [2.05, 4.69) is 6.92 Å². The zero-order valence-electron chi connectivity index (χ0n) is 24.1. The third kappa shape index (κ3) is 8.04. The van der Waals surface area contributed by atoms with Crippen molar-refractivity contribution in [1.29, 1.82) is 0 Å². The van der Waals surface area contributed by atoms with Crippen molar-refractivity contribution < 1.29 is 38.0 Å². The van der Waals surface area contributed by atoms with E-state index in [9.17, 15) is 9.59 Å². The van der Waals surface area contributed by atoms with Gasteiger partial charge in [-0.05, 0) is 58.4 Å². The molecule has 0 amide bonds. The number of ether oxygens (including phenoxy) is 6. The van der Waals surface area contributed by atoms with Crippen LogP contribution in [-0.2, 0) is 30.3 Å². The zero-order chi connectivity index (χ0) is 28.5. The van der Waals surface area contributed by atoms with Crippen molar-refractivity contribution in [2.45, 2.75) is 71.5 Å². The maximum absolute atomic E-state index is 13.5. The number of hydrogen-bond acceptors (Lipinski definition) is 8. The minimum atomic E-state index is -1.08. The average molecular weight is 531 g/mol. The number of methoxy groups -OCH3 is 4. The Morgan fingerprint density at radius 2 is 0.974 bits per heavy atom. The zero-order valence-corrected chi connectivity index (χ0v) is 24.1.